The first-order valence-corrected chi connectivity index (χ1v) is 4.66. The van der Waals surface area contributed by atoms with E-state index in [-0.39, 0.29) is 5.97 Å². The van der Waals surface area contributed by atoms with Crippen molar-refractivity contribution in [3.8, 4) is 0 Å². The van der Waals surface area contributed by atoms with E-state index in [9.17, 15) is 4.79 Å². The van der Waals surface area contributed by atoms with Crippen molar-refractivity contribution in [1.29, 1.82) is 0 Å². The highest BCUT2D eigenvalue weighted by Gasteiger charge is 2.10. The second kappa shape index (κ2) is 3.73. The van der Waals surface area contributed by atoms with E-state index >= 15 is 0 Å². The summed E-state index contributed by atoms with van der Waals surface area (Å²) < 4.78 is 4.72. The molecule has 0 spiro atoms. The van der Waals surface area contributed by atoms with Gasteiger partial charge in [0.25, 0.3) is 0 Å². The predicted octanol–water partition coefficient (Wildman–Crippen LogP) is 2.81. The van der Waals surface area contributed by atoms with Gasteiger partial charge >= 0.3 is 5.97 Å². The standard InChI is InChI=1S/C13H11O2/c1-9-7-8-12(13(14)15-2)11-6-4-3-5-10(9)11/h3-8H,1H2,2H3. The van der Waals surface area contributed by atoms with Gasteiger partial charge in [-0.1, -0.05) is 30.3 Å². The molecule has 2 rings (SSSR count). The maximum absolute atomic E-state index is 11.5. The molecule has 2 aromatic rings. The fraction of sp³-hybridized carbons (Fsp3) is 0.0769. The number of fused-ring (bicyclic) bond motifs is 1. The van der Waals surface area contributed by atoms with Crippen LogP contribution in [0.2, 0.25) is 0 Å². The third-order valence-electron chi connectivity index (χ3n) is 2.42. The van der Waals surface area contributed by atoms with Gasteiger partial charge in [-0.05, 0) is 29.3 Å². The van der Waals surface area contributed by atoms with E-state index in [1.54, 1.807) is 6.07 Å². The number of methoxy groups -OCH3 is 1. The number of ether oxygens (including phenoxy) is 1. The molecule has 0 N–H and O–H groups in total. The van der Waals surface area contributed by atoms with Crippen molar-refractivity contribution in [3.05, 3.63) is 54.4 Å². The Morgan fingerprint density at radius 3 is 2.47 bits per heavy atom. The Kier molecular flexibility index (Phi) is 2.42. The number of carbonyl (C=O) groups excluding carboxylic acids is 1. The lowest BCUT2D eigenvalue weighted by molar-refractivity contribution is 0.0603. The van der Waals surface area contributed by atoms with Crippen molar-refractivity contribution < 1.29 is 9.53 Å². The van der Waals surface area contributed by atoms with Crippen molar-refractivity contribution in [3.63, 3.8) is 0 Å². The van der Waals surface area contributed by atoms with Gasteiger partial charge in [-0.25, -0.2) is 4.79 Å². The van der Waals surface area contributed by atoms with Crippen LogP contribution in [0.1, 0.15) is 15.9 Å². The minimum absolute atomic E-state index is 0.314. The quantitative estimate of drug-likeness (QED) is 0.660. The van der Waals surface area contributed by atoms with Gasteiger partial charge in [0.1, 0.15) is 0 Å². The van der Waals surface area contributed by atoms with Gasteiger partial charge in [-0.15, -0.1) is 0 Å². The van der Waals surface area contributed by atoms with Crippen molar-refractivity contribution in [1.82, 2.24) is 0 Å². The first kappa shape index (κ1) is 9.71. The molecule has 0 fully saturated rings. The number of benzene rings is 2. The predicted molar refractivity (Wildman–Crippen MR) is 59.7 cm³/mol. The van der Waals surface area contributed by atoms with Crippen LogP contribution < -0.4 is 0 Å². The van der Waals surface area contributed by atoms with E-state index in [1.807, 2.05) is 30.3 Å². The highest BCUT2D eigenvalue weighted by molar-refractivity contribution is 6.05. The number of carbonyl (C=O) groups is 1. The van der Waals surface area contributed by atoms with Crippen molar-refractivity contribution in [2.24, 2.45) is 0 Å². The lowest BCUT2D eigenvalue weighted by atomic mass is 10.0. The minimum atomic E-state index is -0.314. The molecule has 1 radical (unpaired) electrons. The molecule has 0 aromatic heterocycles. The van der Waals surface area contributed by atoms with Crippen molar-refractivity contribution >= 4 is 16.7 Å². The molecule has 0 bridgehead atoms. The first-order valence-electron chi connectivity index (χ1n) is 4.66. The lowest BCUT2D eigenvalue weighted by Crippen LogP contribution is -2.02. The molecule has 0 amide bonds. The van der Waals surface area contributed by atoms with Crippen LogP contribution in [0.25, 0.3) is 10.8 Å². The zero-order valence-corrected chi connectivity index (χ0v) is 8.49. The summed E-state index contributed by atoms with van der Waals surface area (Å²) in [5.74, 6) is -0.314. The summed E-state index contributed by atoms with van der Waals surface area (Å²) in [5.41, 5.74) is 1.50. The van der Waals surface area contributed by atoms with Gasteiger partial charge in [0, 0.05) is 0 Å². The van der Waals surface area contributed by atoms with Crippen LogP contribution in [-0.2, 0) is 4.74 Å². The third-order valence-corrected chi connectivity index (χ3v) is 2.42. The highest BCUT2D eigenvalue weighted by atomic mass is 16.5. The van der Waals surface area contributed by atoms with Gasteiger partial charge in [0.15, 0.2) is 0 Å². The Morgan fingerprint density at radius 1 is 1.13 bits per heavy atom. The molecule has 0 saturated carbocycles. The zero-order chi connectivity index (χ0) is 10.8. The van der Waals surface area contributed by atoms with E-state index in [1.165, 1.54) is 7.11 Å². The number of hydrogen-bond donors (Lipinski definition) is 0. The Bertz CT molecular complexity index is 515. The summed E-state index contributed by atoms with van der Waals surface area (Å²) >= 11 is 0. The van der Waals surface area contributed by atoms with Gasteiger partial charge in [0.05, 0.1) is 12.7 Å². The van der Waals surface area contributed by atoms with Crippen molar-refractivity contribution in [2.75, 3.05) is 7.11 Å². The largest absolute Gasteiger partial charge is 0.465 e. The first-order chi connectivity index (χ1) is 7.24. The van der Waals surface area contributed by atoms with Gasteiger partial charge in [-0.3, -0.25) is 0 Å². The monoisotopic (exact) mass is 199 g/mol. The number of rotatable bonds is 1. The molecule has 0 unspecified atom stereocenters. The topological polar surface area (TPSA) is 26.3 Å². The van der Waals surface area contributed by atoms with Crippen LogP contribution >= 0.6 is 0 Å². The van der Waals surface area contributed by atoms with E-state index in [0.717, 1.165) is 16.3 Å². The number of hydrogen-bond acceptors (Lipinski definition) is 2. The summed E-state index contributed by atoms with van der Waals surface area (Å²) in [6, 6.07) is 11.2. The molecule has 0 aliphatic carbocycles. The van der Waals surface area contributed by atoms with E-state index < -0.39 is 0 Å². The zero-order valence-electron chi connectivity index (χ0n) is 8.49. The molecule has 0 atom stereocenters. The van der Waals surface area contributed by atoms with Gasteiger partial charge < -0.3 is 4.74 Å². The second-order valence-electron chi connectivity index (χ2n) is 3.31. The molecule has 0 aliphatic rings. The SMILES string of the molecule is [CH2]c1ccc(C(=O)OC)c2ccccc12. The molecular weight excluding hydrogens is 188 g/mol. The second-order valence-corrected chi connectivity index (χ2v) is 3.31. The van der Waals surface area contributed by atoms with Crippen LogP contribution in [0.4, 0.5) is 0 Å². The molecule has 15 heavy (non-hydrogen) atoms. The molecule has 2 nitrogen and oxygen atoms in total. The van der Waals surface area contributed by atoms with E-state index in [4.69, 9.17) is 4.74 Å². The maximum atomic E-state index is 11.5. The summed E-state index contributed by atoms with van der Waals surface area (Å²) in [7, 11) is 1.38. The Hall–Kier alpha value is -1.83. The molecule has 0 aliphatic heterocycles. The van der Waals surface area contributed by atoms with Crippen LogP contribution in [-0.4, -0.2) is 13.1 Å². The van der Waals surface area contributed by atoms with Crippen LogP contribution in [0, 0.1) is 6.92 Å². The average molecular weight is 199 g/mol. The minimum Gasteiger partial charge on any atom is -0.465 e. The van der Waals surface area contributed by atoms with E-state index in [2.05, 4.69) is 6.92 Å². The summed E-state index contributed by atoms with van der Waals surface area (Å²) in [4.78, 5) is 11.5. The fourth-order valence-electron chi connectivity index (χ4n) is 1.65. The van der Waals surface area contributed by atoms with Crippen LogP contribution in [0.5, 0.6) is 0 Å². The van der Waals surface area contributed by atoms with E-state index in [0.29, 0.717) is 5.56 Å². The maximum Gasteiger partial charge on any atom is 0.338 e. The highest BCUT2D eigenvalue weighted by Crippen LogP contribution is 2.22. The molecule has 2 aromatic carbocycles. The number of esters is 1. The summed E-state index contributed by atoms with van der Waals surface area (Å²) in [6.45, 7) is 3.92. The Balaban J connectivity index is 2.77. The van der Waals surface area contributed by atoms with Gasteiger partial charge in [-0.2, -0.15) is 0 Å². The average Bonchev–Trinajstić information content (AvgIpc) is 2.29. The summed E-state index contributed by atoms with van der Waals surface area (Å²) in [6.07, 6.45) is 0. The Labute approximate surface area is 88.5 Å². The molecule has 0 saturated heterocycles. The van der Waals surface area contributed by atoms with Crippen LogP contribution in [0.15, 0.2) is 36.4 Å². The Morgan fingerprint density at radius 2 is 1.80 bits per heavy atom. The van der Waals surface area contributed by atoms with Gasteiger partial charge in [0.2, 0.25) is 0 Å². The smallest absolute Gasteiger partial charge is 0.338 e. The fourth-order valence-corrected chi connectivity index (χ4v) is 1.65. The third kappa shape index (κ3) is 1.59. The molecule has 75 valence electrons. The van der Waals surface area contributed by atoms with Crippen LogP contribution in [0.3, 0.4) is 0 Å². The molecule has 0 heterocycles. The summed E-state index contributed by atoms with van der Waals surface area (Å²) in [5, 5.41) is 1.87. The molecule has 2 heteroatoms. The lowest BCUT2D eigenvalue weighted by Gasteiger charge is -2.06. The van der Waals surface area contributed by atoms with Crippen molar-refractivity contribution in [2.45, 2.75) is 0 Å². The molecular formula is C13H11O2. The normalized spacial score (nSPS) is 10.3.